The molecular formula is C12H17NO2. The molecule has 0 radical (unpaired) electrons. The lowest BCUT2D eigenvalue weighted by Gasteiger charge is -2.14. The first-order chi connectivity index (χ1) is 7.11. The van der Waals surface area contributed by atoms with E-state index < -0.39 is 0 Å². The van der Waals surface area contributed by atoms with E-state index in [1.54, 1.807) is 0 Å². The van der Waals surface area contributed by atoms with Crippen LogP contribution in [0.4, 0.5) is 0 Å². The normalized spacial score (nSPS) is 16.1. The Labute approximate surface area is 90.1 Å². The molecule has 1 aliphatic heterocycles. The van der Waals surface area contributed by atoms with Crippen LogP contribution in [-0.4, -0.2) is 23.9 Å². The number of rotatable bonds is 1. The highest BCUT2D eigenvalue weighted by atomic mass is 16.3. The molecule has 1 fully saturated rings. The summed E-state index contributed by atoms with van der Waals surface area (Å²) in [6, 6.07) is 0. The number of aryl methyl sites for hydroxylation is 2. The predicted molar refractivity (Wildman–Crippen MR) is 58.1 cm³/mol. The second kappa shape index (κ2) is 3.72. The highest BCUT2D eigenvalue weighted by molar-refractivity contribution is 5.97. The molecule has 3 nitrogen and oxygen atoms in total. The summed E-state index contributed by atoms with van der Waals surface area (Å²) in [7, 11) is 0. The molecule has 1 aromatic rings. The molecule has 1 saturated heterocycles. The van der Waals surface area contributed by atoms with Gasteiger partial charge in [-0.1, -0.05) is 0 Å². The summed E-state index contributed by atoms with van der Waals surface area (Å²) in [5.74, 6) is 1.75. The topological polar surface area (TPSA) is 33.5 Å². The first-order valence-corrected chi connectivity index (χ1v) is 5.47. The molecule has 3 heteroatoms. The molecule has 1 amide bonds. The zero-order valence-corrected chi connectivity index (χ0v) is 9.59. The second-order valence-corrected chi connectivity index (χ2v) is 4.21. The van der Waals surface area contributed by atoms with E-state index >= 15 is 0 Å². The summed E-state index contributed by atoms with van der Waals surface area (Å²) in [6.07, 6.45) is 2.25. The van der Waals surface area contributed by atoms with Crippen molar-refractivity contribution in [1.82, 2.24) is 4.90 Å². The van der Waals surface area contributed by atoms with Gasteiger partial charge in [0.15, 0.2) is 0 Å². The number of hydrogen-bond acceptors (Lipinski definition) is 2. The average Bonchev–Trinajstić information content (AvgIpc) is 2.76. The Hall–Kier alpha value is -1.25. The van der Waals surface area contributed by atoms with E-state index in [1.165, 1.54) is 0 Å². The van der Waals surface area contributed by atoms with Crippen LogP contribution in [0.1, 0.15) is 40.3 Å². The number of amides is 1. The lowest BCUT2D eigenvalue weighted by Crippen LogP contribution is -2.28. The fourth-order valence-electron chi connectivity index (χ4n) is 2.19. The summed E-state index contributed by atoms with van der Waals surface area (Å²) < 4.78 is 5.48. The van der Waals surface area contributed by atoms with Gasteiger partial charge in [-0.15, -0.1) is 0 Å². The van der Waals surface area contributed by atoms with Crippen molar-refractivity contribution < 1.29 is 9.21 Å². The van der Waals surface area contributed by atoms with Crippen molar-refractivity contribution in [3.8, 4) is 0 Å². The molecule has 1 aromatic heterocycles. The lowest BCUT2D eigenvalue weighted by molar-refractivity contribution is 0.0790. The molecule has 2 rings (SSSR count). The zero-order valence-electron chi connectivity index (χ0n) is 9.59. The monoisotopic (exact) mass is 207 g/mol. The van der Waals surface area contributed by atoms with Gasteiger partial charge in [-0.25, -0.2) is 0 Å². The Bertz CT molecular complexity index is 387. The molecule has 15 heavy (non-hydrogen) atoms. The Balaban J connectivity index is 2.32. The standard InChI is InChI=1S/C12H17NO2/c1-8-9(2)15-10(3)11(8)12(14)13-6-4-5-7-13/h4-7H2,1-3H3. The maximum absolute atomic E-state index is 12.2. The SMILES string of the molecule is Cc1oc(C)c(C(=O)N2CCCC2)c1C. The highest BCUT2D eigenvalue weighted by Crippen LogP contribution is 2.23. The summed E-state index contributed by atoms with van der Waals surface area (Å²) in [5.41, 5.74) is 1.76. The first-order valence-electron chi connectivity index (χ1n) is 5.47. The Morgan fingerprint density at radius 1 is 1.13 bits per heavy atom. The predicted octanol–water partition coefficient (Wildman–Crippen LogP) is 2.44. The summed E-state index contributed by atoms with van der Waals surface area (Å²) >= 11 is 0. The van der Waals surface area contributed by atoms with Crippen LogP contribution < -0.4 is 0 Å². The number of nitrogens with zero attached hydrogens (tertiary/aromatic N) is 1. The van der Waals surface area contributed by atoms with Gasteiger partial charge in [-0.3, -0.25) is 4.79 Å². The van der Waals surface area contributed by atoms with E-state index in [4.69, 9.17) is 4.42 Å². The highest BCUT2D eigenvalue weighted by Gasteiger charge is 2.25. The van der Waals surface area contributed by atoms with Crippen LogP contribution in [0, 0.1) is 20.8 Å². The molecule has 0 spiro atoms. The van der Waals surface area contributed by atoms with Gasteiger partial charge in [0.1, 0.15) is 11.5 Å². The van der Waals surface area contributed by atoms with Crippen molar-refractivity contribution in [2.75, 3.05) is 13.1 Å². The molecule has 0 unspecified atom stereocenters. The van der Waals surface area contributed by atoms with Crippen molar-refractivity contribution in [2.45, 2.75) is 33.6 Å². The quantitative estimate of drug-likeness (QED) is 0.708. The van der Waals surface area contributed by atoms with E-state index in [2.05, 4.69) is 0 Å². The van der Waals surface area contributed by atoms with Crippen LogP contribution in [0.5, 0.6) is 0 Å². The molecule has 0 N–H and O–H groups in total. The van der Waals surface area contributed by atoms with Gasteiger partial charge >= 0.3 is 0 Å². The Morgan fingerprint density at radius 3 is 2.20 bits per heavy atom. The molecule has 2 heterocycles. The third kappa shape index (κ3) is 1.66. The summed E-state index contributed by atoms with van der Waals surface area (Å²) in [5, 5.41) is 0. The van der Waals surface area contributed by atoms with Gasteiger partial charge in [-0.05, 0) is 33.6 Å². The zero-order chi connectivity index (χ0) is 11.0. The van der Waals surface area contributed by atoms with E-state index in [0.29, 0.717) is 0 Å². The minimum atomic E-state index is 0.138. The number of carbonyl (C=O) groups is 1. The number of furan rings is 1. The van der Waals surface area contributed by atoms with E-state index in [0.717, 1.165) is 48.6 Å². The Morgan fingerprint density at radius 2 is 1.73 bits per heavy atom. The van der Waals surface area contributed by atoms with Gasteiger partial charge in [-0.2, -0.15) is 0 Å². The molecule has 0 atom stereocenters. The van der Waals surface area contributed by atoms with Crippen LogP contribution in [0.2, 0.25) is 0 Å². The maximum atomic E-state index is 12.2. The number of carbonyl (C=O) groups excluding carboxylic acids is 1. The van der Waals surface area contributed by atoms with Gasteiger partial charge in [0.25, 0.3) is 5.91 Å². The molecule has 1 aliphatic rings. The second-order valence-electron chi connectivity index (χ2n) is 4.21. The van der Waals surface area contributed by atoms with E-state index in [-0.39, 0.29) is 5.91 Å². The van der Waals surface area contributed by atoms with E-state index in [9.17, 15) is 4.79 Å². The maximum Gasteiger partial charge on any atom is 0.257 e. The van der Waals surface area contributed by atoms with Crippen molar-refractivity contribution in [1.29, 1.82) is 0 Å². The van der Waals surface area contributed by atoms with Gasteiger partial charge in [0.05, 0.1) is 5.56 Å². The average molecular weight is 207 g/mol. The molecule has 0 bridgehead atoms. The van der Waals surface area contributed by atoms with Crippen LogP contribution >= 0.6 is 0 Å². The van der Waals surface area contributed by atoms with Crippen LogP contribution in [0.3, 0.4) is 0 Å². The molecule has 0 aromatic carbocycles. The van der Waals surface area contributed by atoms with Gasteiger partial charge in [0, 0.05) is 18.7 Å². The molecule has 0 aliphatic carbocycles. The lowest BCUT2D eigenvalue weighted by atomic mass is 10.1. The van der Waals surface area contributed by atoms with E-state index in [1.807, 2.05) is 25.7 Å². The smallest absolute Gasteiger partial charge is 0.257 e. The van der Waals surface area contributed by atoms with Crippen LogP contribution in [0.25, 0.3) is 0 Å². The van der Waals surface area contributed by atoms with Gasteiger partial charge in [0.2, 0.25) is 0 Å². The summed E-state index contributed by atoms with van der Waals surface area (Å²) in [4.78, 5) is 14.1. The largest absolute Gasteiger partial charge is 0.466 e. The molecule has 82 valence electrons. The minimum Gasteiger partial charge on any atom is -0.466 e. The third-order valence-electron chi connectivity index (χ3n) is 3.17. The molecule has 0 saturated carbocycles. The number of hydrogen-bond donors (Lipinski definition) is 0. The third-order valence-corrected chi connectivity index (χ3v) is 3.17. The summed E-state index contributed by atoms with van der Waals surface area (Å²) in [6.45, 7) is 7.51. The van der Waals surface area contributed by atoms with Crippen LogP contribution in [-0.2, 0) is 0 Å². The van der Waals surface area contributed by atoms with Crippen molar-refractivity contribution in [3.63, 3.8) is 0 Å². The Kier molecular flexibility index (Phi) is 2.55. The van der Waals surface area contributed by atoms with Crippen molar-refractivity contribution >= 4 is 5.91 Å². The first kappa shape index (κ1) is 10.3. The fourth-order valence-corrected chi connectivity index (χ4v) is 2.19. The minimum absolute atomic E-state index is 0.138. The number of likely N-dealkylation sites (tertiary alicyclic amines) is 1. The van der Waals surface area contributed by atoms with Crippen molar-refractivity contribution in [2.24, 2.45) is 0 Å². The molecular weight excluding hydrogens is 190 g/mol. The fraction of sp³-hybridized carbons (Fsp3) is 0.583. The van der Waals surface area contributed by atoms with Crippen molar-refractivity contribution in [3.05, 3.63) is 22.6 Å². The van der Waals surface area contributed by atoms with Crippen LogP contribution in [0.15, 0.2) is 4.42 Å². The van der Waals surface area contributed by atoms with Gasteiger partial charge < -0.3 is 9.32 Å².